The van der Waals surface area contributed by atoms with Crippen molar-refractivity contribution in [2.24, 2.45) is 0 Å². The molecule has 0 radical (unpaired) electrons. The van der Waals surface area contributed by atoms with E-state index in [0.29, 0.717) is 12.8 Å². The zero-order valence-electron chi connectivity index (χ0n) is 48.3. The highest BCUT2D eigenvalue weighted by molar-refractivity contribution is 5.80. The van der Waals surface area contributed by atoms with Crippen molar-refractivity contribution in [3.63, 3.8) is 0 Å². The van der Waals surface area contributed by atoms with Crippen molar-refractivity contribution in [3.8, 4) is 0 Å². The summed E-state index contributed by atoms with van der Waals surface area (Å²) in [5.41, 5.74) is 0. The molecular weight excluding hydrogens is 955 g/mol. The molecule has 11 nitrogen and oxygen atoms in total. The van der Waals surface area contributed by atoms with Gasteiger partial charge in [0.25, 0.3) is 0 Å². The van der Waals surface area contributed by atoms with Gasteiger partial charge in [0.05, 0.1) is 25.4 Å². The summed E-state index contributed by atoms with van der Waals surface area (Å²) < 4.78 is 17.6. The Morgan fingerprint density at radius 2 is 0.947 bits per heavy atom. The van der Waals surface area contributed by atoms with Gasteiger partial charge in [-0.2, -0.15) is 0 Å². The highest BCUT2D eigenvalue weighted by atomic mass is 16.7. The number of carbonyl (C=O) groups excluding carboxylic acids is 2. The molecule has 0 aromatic carbocycles. The van der Waals surface area contributed by atoms with Gasteiger partial charge in [0.2, 0.25) is 5.91 Å². The molecule has 1 aliphatic heterocycles. The summed E-state index contributed by atoms with van der Waals surface area (Å²) >= 11 is 0. The molecule has 0 aromatic rings. The lowest BCUT2D eigenvalue weighted by molar-refractivity contribution is -0.305. The molecule has 0 aromatic heterocycles. The summed E-state index contributed by atoms with van der Waals surface area (Å²) in [5.74, 6) is -1.24. The number of aliphatic hydroxyl groups excluding tert-OH is 5. The van der Waals surface area contributed by atoms with Crippen LogP contribution < -0.4 is 5.32 Å². The molecule has 6 N–H and O–H groups in total. The lowest BCUT2D eigenvalue weighted by Gasteiger charge is -2.41. The minimum atomic E-state index is -1.62. The van der Waals surface area contributed by atoms with Crippen molar-refractivity contribution >= 4 is 11.9 Å². The maximum absolute atomic E-state index is 13.4. The predicted molar refractivity (Wildman–Crippen MR) is 315 cm³/mol. The fraction of sp³-hybridized carbons (Fsp3) is 0.754. The van der Waals surface area contributed by atoms with Crippen LogP contribution in [0.4, 0.5) is 0 Å². The third-order valence-corrected chi connectivity index (χ3v) is 14.2. The largest absolute Gasteiger partial charge is 0.454 e. The van der Waals surface area contributed by atoms with Crippen molar-refractivity contribution in [2.45, 2.75) is 301 Å². The van der Waals surface area contributed by atoms with Crippen molar-refractivity contribution < 1.29 is 49.3 Å². The van der Waals surface area contributed by atoms with Gasteiger partial charge in [0, 0.05) is 6.42 Å². The summed E-state index contributed by atoms with van der Waals surface area (Å²) in [7, 11) is 0. The normalized spacial score (nSPS) is 19.7. The van der Waals surface area contributed by atoms with Gasteiger partial charge < -0.3 is 45.1 Å². The Hall–Kier alpha value is -3.16. The molecule has 1 saturated heterocycles. The number of ether oxygens (including phenoxy) is 3. The fourth-order valence-corrected chi connectivity index (χ4v) is 9.33. The van der Waals surface area contributed by atoms with Crippen LogP contribution in [0, 0.1) is 0 Å². The summed E-state index contributed by atoms with van der Waals surface area (Å²) in [6.45, 7) is 5.62. The minimum absolute atomic E-state index is 0.118. The van der Waals surface area contributed by atoms with Crippen molar-refractivity contribution in [1.82, 2.24) is 5.32 Å². The molecule has 0 bridgehead atoms. The number of rotatable bonds is 51. The van der Waals surface area contributed by atoms with Crippen LogP contribution in [0.3, 0.4) is 0 Å². The Morgan fingerprint density at radius 3 is 1.42 bits per heavy atom. The van der Waals surface area contributed by atoms with E-state index in [1.54, 1.807) is 6.08 Å². The number of nitrogens with one attached hydrogen (secondary N) is 1. The van der Waals surface area contributed by atoms with Gasteiger partial charge >= 0.3 is 5.97 Å². The van der Waals surface area contributed by atoms with Gasteiger partial charge in [-0.05, 0) is 44.9 Å². The van der Waals surface area contributed by atoms with Gasteiger partial charge in [0.15, 0.2) is 12.4 Å². The second-order valence-corrected chi connectivity index (χ2v) is 21.2. The SMILES string of the molecule is CC\C=C/C=C/C=C/C=C\C=C\C=C\CCCCC(O)C(=O)NC(COC1OC(CO)C(O)C(O)C1OC(=O)CCCCCCCCCCCCCCCCCCCCC)C(O)/C=C/CCCCCCCCCCCC. The maximum atomic E-state index is 13.4. The molecule has 0 spiro atoms. The molecule has 8 atom stereocenters. The van der Waals surface area contributed by atoms with E-state index in [1.165, 1.54) is 141 Å². The van der Waals surface area contributed by atoms with Crippen LogP contribution in [-0.4, -0.2) is 99.6 Å². The van der Waals surface area contributed by atoms with E-state index in [4.69, 9.17) is 14.2 Å². The van der Waals surface area contributed by atoms with Crippen LogP contribution in [0.25, 0.3) is 0 Å². The standard InChI is InChI=1S/C65H113NO10/c1-4-7-10-13-16-19-22-25-27-29-30-31-33-35-38-41-44-47-50-53-60(70)76-63-62(72)61(71)59(54-67)75-65(63)74-55-56(57(68)51-48-45-42-39-36-24-21-18-15-12-9-6-3)66-64(73)58(69)52-49-46-43-40-37-34-32-28-26-23-20-17-14-11-8-5-2/h8,11,14,17,20,23,26,28,32,34,37,40,48,51,56-59,61-63,65,67-69,71-72H,4-7,9-10,12-13,15-16,18-19,21-22,24-25,27,29-31,33,35-36,38-39,41-47,49-50,52-55H2,1-3H3,(H,66,73)/b11-8-,17-14+,23-20+,28-26-,34-32+,40-37+,51-48+. The average Bonchev–Trinajstić information content (AvgIpc) is 3.42. The second kappa shape index (κ2) is 52.5. The Morgan fingerprint density at radius 1 is 0.526 bits per heavy atom. The second-order valence-electron chi connectivity index (χ2n) is 21.2. The van der Waals surface area contributed by atoms with E-state index in [1.807, 2.05) is 72.9 Å². The van der Waals surface area contributed by atoms with Gasteiger partial charge in [0.1, 0.15) is 24.4 Å². The van der Waals surface area contributed by atoms with Crippen LogP contribution in [-0.2, 0) is 23.8 Å². The summed E-state index contributed by atoms with van der Waals surface area (Å²) in [6.07, 6.45) is 57.7. The van der Waals surface area contributed by atoms with E-state index < -0.39 is 67.4 Å². The van der Waals surface area contributed by atoms with E-state index >= 15 is 0 Å². The van der Waals surface area contributed by atoms with Crippen LogP contribution >= 0.6 is 0 Å². The zero-order chi connectivity index (χ0) is 55.4. The first kappa shape index (κ1) is 70.9. The number of carbonyl (C=O) groups is 2. The van der Waals surface area contributed by atoms with Crippen LogP contribution in [0.2, 0.25) is 0 Å². The molecule has 1 amide bonds. The van der Waals surface area contributed by atoms with Crippen molar-refractivity contribution in [3.05, 3.63) is 85.1 Å². The molecule has 1 aliphatic rings. The Labute approximate surface area is 463 Å². The molecule has 1 fully saturated rings. The molecule has 0 saturated carbocycles. The number of aliphatic hydroxyl groups is 5. The number of allylic oxidation sites excluding steroid dienone is 13. The van der Waals surface area contributed by atoms with Gasteiger partial charge in [-0.3, -0.25) is 9.59 Å². The molecule has 11 heteroatoms. The molecule has 1 rings (SSSR count). The number of unbranched alkanes of at least 4 members (excludes halogenated alkanes) is 30. The number of hydrogen-bond acceptors (Lipinski definition) is 10. The summed E-state index contributed by atoms with van der Waals surface area (Å²) in [6, 6.07) is -1.05. The van der Waals surface area contributed by atoms with E-state index in [9.17, 15) is 35.1 Å². The molecular formula is C65H113NO10. The molecule has 8 unspecified atom stereocenters. The van der Waals surface area contributed by atoms with Crippen molar-refractivity contribution in [1.29, 1.82) is 0 Å². The highest BCUT2D eigenvalue weighted by Gasteiger charge is 2.47. The monoisotopic (exact) mass is 1070 g/mol. The molecule has 438 valence electrons. The molecule has 0 aliphatic carbocycles. The summed E-state index contributed by atoms with van der Waals surface area (Å²) in [5, 5.41) is 56.9. The summed E-state index contributed by atoms with van der Waals surface area (Å²) in [4.78, 5) is 26.5. The lowest BCUT2D eigenvalue weighted by atomic mass is 9.99. The average molecular weight is 1070 g/mol. The first-order valence-corrected chi connectivity index (χ1v) is 30.9. The van der Waals surface area contributed by atoms with Gasteiger partial charge in [-0.25, -0.2) is 0 Å². The van der Waals surface area contributed by atoms with Crippen LogP contribution in [0.5, 0.6) is 0 Å². The Bertz CT molecular complexity index is 1560. The van der Waals surface area contributed by atoms with E-state index in [-0.39, 0.29) is 19.4 Å². The number of hydrogen-bond donors (Lipinski definition) is 6. The Kier molecular flexibility index (Phi) is 49.0. The lowest BCUT2D eigenvalue weighted by Crippen LogP contribution is -2.61. The quantitative estimate of drug-likeness (QED) is 0.0149. The minimum Gasteiger partial charge on any atom is -0.454 e. The number of esters is 1. The van der Waals surface area contributed by atoms with Gasteiger partial charge in [-0.1, -0.05) is 286 Å². The van der Waals surface area contributed by atoms with Crippen LogP contribution in [0.15, 0.2) is 85.1 Å². The smallest absolute Gasteiger partial charge is 0.306 e. The first-order valence-electron chi connectivity index (χ1n) is 30.9. The van der Waals surface area contributed by atoms with E-state index in [2.05, 4.69) is 32.2 Å². The predicted octanol–water partition coefficient (Wildman–Crippen LogP) is 14.6. The first-order chi connectivity index (χ1) is 37.2. The van der Waals surface area contributed by atoms with Crippen LogP contribution in [0.1, 0.15) is 252 Å². The molecule has 1 heterocycles. The topological polar surface area (TPSA) is 175 Å². The third-order valence-electron chi connectivity index (χ3n) is 14.2. The third kappa shape index (κ3) is 40.1. The maximum Gasteiger partial charge on any atom is 0.306 e. The Balaban J connectivity index is 2.71. The molecule has 76 heavy (non-hydrogen) atoms. The van der Waals surface area contributed by atoms with Crippen molar-refractivity contribution in [2.75, 3.05) is 13.2 Å². The highest BCUT2D eigenvalue weighted by Crippen LogP contribution is 2.26. The van der Waals surface area contributed by atoms with E-state index in [0.717, 1.165) is 64.2 Å². The van der Waals surface area contributed by atoms with Gasteiger partial charge in [-0.15, -0.1) is 0 Å². The zero-order valence-corrected chi connectivity index (χ0v) is 48.3. The number of amides is 1. The fourth-order valence-electron chi connectivity index (χ4n) is 9.33.